The highest BCUT2D eigenvalue weighted by Gasteiger charge is 2.13. The largest absolute Gasteiger partial charge is 0.494 e. The number of nitriles is 1. The molecule has 1 heterocycles. The molecule has 0 aliphatic carbocycles. The Morgan fingerprint density at radius 1 is 1.00 bits per heavy atom. The predicted octanol–water partition coefficient (Wildman–Crippen LogP) is 3.92. The summed E-state index contributed by atoms with van der Waals surface area (Å²) in [6.07, 6.45) is 7.40. The van der Waals surface area contributed by atoms with Gasteiger partial charge in [0.05, 0.1) is 12.3 Å². The molecule has 0 spiro atoms. The first-order chi connectivity index (χ1) is 12.2. The molecular weight excluding hydrogens is 314 g/mol. The standard InChI is InChI=1S/C19H25N5O/c1-2-3-4-5-6-7-12-25-15-10-8-14(9-11-15)17-16(13-20)18(21)24-19(22)23-17/h8-11H,2-7,12H2,1H3,(H4,21,22,23,24). The summed E-state index contributed by atoms with van der Waals surface area (Å²) >= 11 is 0. The summed E-state index contributed by atoms with van der Waals surface area (Å²) in [4.78, 5) is 7.96. The minimum absolute atomic E-state index is 0.0508. The summed E-state index contributed by atoms with van der Waals surface area (Å²) < 4.78 is 5.76. The lowest BCUT2D eigenvalue weighted by molar-refractivity contribution is 0.304. The highest BCUT2D eigenvalue weighted by atomic mass is 16.5. The van der Waals surface area contributed by atoms with Gasteiger partial charge in [0.15, 0.2) is 0 Å². The van der Waals surface area contributed by atoms with Crippen molar-refractivity contribution in [3.63, 3.8) is 0 Å². The molecule has 6 nitrogen and oxygen atoms in total. The molecule has 4 N–H and O–H groups in total. The van der Waals surface area contributed by atoms with Gasteiger partial charge >= 0.3 is 0 Å². The minimum atomic E-state index is 0.0508. The molecule has 6 heteroatoms. The molecule has 2 aromatic rings. The van der Waals surface area contributed by atoms with Crippen LogP contribution in [-0.2, 0) is 0 Å². The fraction of sp³-hybridized carbons (Fsp3) is 0.421. The lowest BCUT2D eigenvalue weighted by atomic mass is 10.1. The van der Waals surface area contributed by atoms with Gasteiger partial charge in [-0.1, -0.05) is 39.0 Å². The van der Waals surface area contributed by atoms with Crippen LogP contribution >= 0.6 is 0 Å². The average molecular weight is 339 g/mol. The van der Waals surface area contributed by atoms with Gasteiger partial charge in [0.2, 0.25) is 5.95 Å². The smallest absolute Gasteiger partial charge is 0.222 e. The maximum absolute atomic E-state index is 9.25. The number of hydrogen-bond acceptors (Lipinski definition) is 6. The molecule has 0 unspecified atom stereocenters. The molecule has 0 fully saturated rings. The van der Waals surface area contributed by atoms with Crippen LogP contribution in [-0.4, -0.2) is 16.6 Å². The number of nitrogen functional groups attached to an aromatic ring is 2. The fourth-order valence-corrected chi connectivity index (χ4v) is 2.60. The second kappa shape index (κ2) is 9.48. The van der Waals surface area contributed by atoms with Crippen LogP contribution in [0.25, 0.3) is 11.3 Å². The van der Waals surface area contributed by atoms with Crippen LogP contribution in [0.4, 0.5) is 11.8 Å². The summed E-state index contributed by atoms with van der Waals surface area (Å²) in [6, 6.07) is 9.45. The SMILES string of the molecule is CCCCCCCCOc1ccc(-c2nc(N)nc(N)c2C#N)cc1. The van der Waals surface area contributed by atoms with Gasteiger partial charge in [0.1, 0.15) is 23.2 Å². The van der Waals surface area contributed by atoms with Gasteiger partial charge in [0.25, 0.3) is 0 Å². The van der Waals surface area contributed by atoms with Crippen molar-refractivity contribution >= 4 is 11.8 Å². The highest BCUT2D eigenvalue weighted by molar-refractivity contribution is 5.73. The molecular formula is C19H25N5O. The van der Waals surface area contributed by atoms with Gasteiger partial charge < -0.3 is 16.2 Å². The zero-order valence-electron chi connectivity index (χ0n) is 14.7. The second-order valence-electron chi connectivity index (χ2n) is 5.94. The average Bonchev–Trinajstić information content (AvgIpc) is 2.61. The third-order valence-electron chi connectivity index (χ3n) is 3.96. The molecule has 25 heavy (non-hydrogen) atoms. The Balaban J connectivity index is 1.94. The Labute approximate surface area is 148 Å². The predicted molar refractivity (Wildman–Crippen MR) is 99.9 cm³/mol. The van der Waals surface area contributed by atoms with Crippen molar-refractivity contribution in [1.82, 2.24) is 9.97 Å². The zero-order valence-corrected chi connectivity index (χ0v) is 14.7. The van der Waals surface area contributed by atoms with E-state index in [4.69, 9.17) is 16.2 Å². The molecule has 0 saturated carbocycles. The Hall–Kier alpha value is -2.81. The van der Waals surface area contributed by atoms with E-state index >= 15 is 0 Å². The summed E-state index contributed by atoms with van der Waals surface area (Å²) in [7, 11) is 0. The summed E-state index contributed by atoms with van der Waals surface area (Å²) in [5, 5.41) is 9.25. The first kappa shape index (κ1) is 18.5. The molecule has 0 atom stereocenters. The van der Waals surface area contributed by atoms with Gasteiger partial charge in [0, 0.05) is 5.56 Å². The molecule has 0 bridgehead atoms. The molecule has 1 aromatic heterocycles. The van der Waals surface area contributed by atoms with Crippen molar-refractivity contribution in [2.75, 3.05) is 18.1 Å². The van der Waals surface area contributed by atoms with Crippen molar-refractivity contribution in [2.45, 2.75) is 45.4 Å². The number of rotatable bonds is 9. The molecule has 0 amide bonds. The molecule has 0 radical (unpaired) electrons. The normalized spacial score (nSPS) is 10.4. The lowest BCUT2D eigenvalue weighted by Gasteiger charge is -2.09. The van der Waals surface area contributed by atoms with Crippen molar-refractivity contribution < 1.29 is 4.74 Å². The van der Waals surface area contributed by atoms with Gasteiger partial charge in [-0.05, 0) is 30.7 Å². The molecule has 0 aliphatic rings. The van der Waals surface area contributed by atoms with Crippen molar-refractivity contribution in [1.29, 1.82) is 5.26 Å². The monoisotopic (exact) mass is 339 g/mol. The topological polar surface area (TPSA) is 111 Å². The second-order valence-corrected chi connectivity index (χ2v) is 5.94. The number of anilines is 2. The van der Waals surface area contributed by atoms with Crippen LogP contribution in [0.3, 0.4) is 0 Å². The van der Waals surface area contributed by atoms with E-state index in [2.05, 4.69) is 16.9 Å². The molecule has 132 valence electrons. The number of ether oxygens (including phenoxy) is 1. The minimum Gasteiger partial charge on any atom is -0.494 e. The molecule has 0 saturated heterocycles. The Bertz CT molecular complexity index is 722. The summed E-state index contributed by atoms with van der Waals surface area (Å²) in [5.74, 6) is 0.939. The molecule has 1 aromatic carbocycles. The summed E-state index contributed by atoms with van der Waals surface area (Å²) in [6.45, 7) is 2.93. The Morgan fingerprint density at radius 3 is 2.36 bits per heavy atom. The first-order valence-corrected chi connectivity index (χ1v) is 8.72. The number of aromatic nitrogens is 2. The fourth-order valence-electron chi connectivity index (χ4n) is 2.60. The van der Waals surface area contributed by atoms with E-state index in [1.165, 1.54) is 32.1 Å². The molecule has 2 rings (SSSR count). The van der Waals surface area contributed by atoms with Crippen LogP contribution in [0.2, 0.25) is 0 Å². The van der Waals surface area contributed by atoms with E-state index in [0.717, 1.165) is 17.7 Å². The van der Waals surface area contributed by atoms with E-state index in [0.29, 0.717) is 12.3 Å². The Morgan fingerprint density at radius 2 is 1.68 bits per heavy atom. The van der Waals surface area contributed by atoms with E-state index in [1.807, 2.05) is 30.3 Å². The maximum Gasteiger partial charge on any atom is 0.222 e. The van der Waals surface area contributed by atoms with Gasteiger partial charge in [-0.2, -0.15) is 10.2 Å². The van der Waals surface area contributed by atoms with Crippen LogP contribution in [0.5, 0.6) is 5.75 Å². The number of benzene rings is 1. The van der Waals surface area contributed by atoms with Crippen LogP contribution in [0.1, 0.15) is 51.0 Å². The van der Waals surface area contributed by atoms with Crippen molar-refractivity contribution in [2.24, 2.45) is 0 Å². The third kappa shape index (κ3) is 5.35. The van der Waals surface area contributed by atoms with Crippen LogP contribution in [0.15, 0.2) is 24.3 Å². The van der Waals surface area contributed by atoms with E-state index in [9.17, 15) is 5.26 Å². The van der Waals surface area contributed by atoms with Gasteiger partial charge in [-0.15, -0.1) is 0 Å². The first-order valence-electron chi connectivity index (χ1n) is 8.72. The lowest BCUT2D eigenvalue weighted by Crippen LogP contribution is -2.05. The van der Waals surface area contributed by atoms with Gasteiger partial charge in [-0.3, -0.25) is 0 Å². The number of unbranched alkanes of at least 4 members (excludes halogenated alkanes) is 5. The van der Waals surface area contributed by atoms with E-state index in [1.54, 1.807) is 0 Å². The third-order valence-corrected chi connectivity index (χ3v) is 3.96. The number of hydrogen-bond donors (Lipinski definition) is 2. The van der Waals surface area contributed by atoms with Crippen LogP contribution in [0, 0.1) is 11.3 Å². The van der Waals surface area contributed by atoms with Crippen molar-refractivity contribution in [3.05, 3.63) is 29.8 Å². The number of nitrogens with two attached hydrogens (primary N) is 2. The van der Waals surface area contributed by atoms with E-state index < -0.39 is 0 Å². The number of nitrogens with zero attached hydrogens (tertiary/aromatic N) is 3. The maximum atomic E-state index is 9.25. The highest BCUT2D eigenvalue weighted by Crippen LogP contribution is 2.27. The van der Waals surface area contributed by atoms with E-state index in [-0.39, 0.29) is 17.3 Å². The summed E-state index contributed by atoms with van der Waals surface area (Å²) in [5.41, 5.74) is 12.8. The Kier molecular flexibility index (Phi) is 7.02. The molecule has 0 aliphatic heterocycles. The van der Waals surface area contributed by atoms with Gasteiger partial charge in [-0.25, -0.2) is 4.98 Å². The van der Waals surface area contributed by atoms with Crippen LogP contribution < -0.4 is 16.2 Å². The zero-order chi connectivity index (χ0) is 18.1. The van der Waals surface area contributed by atoms with Crippen molar-refractivity contribution in [3.8, 4) is 23.1 Å². The quantitative estimate of drug-likeness (QED) is 0.670.